The number of hydrogen-bond acceptors (Lipinski definition) is 2. The van der Waals surface area contributed by atoms with Crippen LogP contribution in [0.25, 0.3) is 0 Å². The maximum Gasteiger partial charge on any atom is 0.103 e. The molecule has 0 spiro atoms. The Morgan fingerprint density at radius 1 is 1.29 bits per heavy atom. The fraction of sp³-hybridized carbons (Fsp3) is 0.600. The molecular weight excluding hydrogens is 212 g/mol. The van der Waals surface area contributed by atoms with E-state index >= 15 is 0 Å². The summed E-state index contributed by atoms with van der Waals surface area (Å²) >= 11 is 0. The van der Waals surface area contributed by atoms with Gasteiger partial charge >= 0.3 is 0 Å². The van der Waals surface area contributed by atoms with Crippen LogP contribution in [-0.4, -0.2) is 17.8 Å². The number of benzene rings is 1. The van der Waals surface area contributed by atoms with E-state index in [2.05, 4.69) is 12.1 Å². The molecule has 17 heavy (non-hydrogen) atoms. The molecule has 2 heteroatoms. The van der Waals surface area contributed by atoms with Gasteiger partial charge in [-0.05, 0) is 43.7 Å². The van der Waals surface area contributed by atoms with Gasteiger partial charge in [-0.2, -0.15) is 0 Å². The van der Waals surface area contributed by atoms with Gasteiger partial charge in [0.25, 0.3) is 0 Å². The van der Waals surface area contributed by atoms with Crippen LogP contribution in [0.1, 0.15) is 56.3 Å². The Hall–Kier alpha value is -0.860. The average Bonchev–Trinajstić information content (AvgIpc) is 2.24. The Morgan fingerprint density at radius 3 is 2.59 bits per heavy atom. The van der Waals surface area contributed by atoms with Gasteiger partial charge in [-0.25, -0.2) is 0 Å². The average molecular weight is 234 g/mol. The van der Waals surface area contributed by atoms with E-state index in [9.17, 15) is 5.11 Å². The summed E-state index contributed by atoms with van der Waals surface area (Å²) < 4.78 is 5.49. The maximum absolute atomic E-state index is 10.2. The first-order valence-electron chi connectivity index (χ1n) is 6.57. The van der Waals surface area contributed by atoms with Crippen LogP contribution in [-0.2, 0) is 4.74 Å². The topological polar surface area (TPSA) is 29.5 Å². The molecule has 94 valence electrons. The van der Waals surface area contributed by atoms with Crippen molar-refractivity contribution in [3.05, 3.63) is 35.4 Å². The second-order valence-corrected chi connectivity index (χ2v) is 5.15. The van der Waals surface area contributed by atoms with E-state index < -0.39 is 6.10 Å². The predicted octanol–water partition coefficient (Wildman–Crippen LogP) is 3.41. The van der Waals surface area contributed by atoms with Crippen LogP contribution in [0.15, 0.2) is 24.3 Å². The molecule has 2 rings (SSSR count). The fourth-order valence-electron chi connectivity index (χ4n) is 2.28. The zero-order valence-corrected chi connectivity index (χ0v) is 10.7. The van der Waals surface area contributed by atoms with Gasteiger partial charge < -0.3 is 9.84 Å². The van der Waals surface area contributed by atoms with Crippen molar-refractivity contribution in [2.75, 3.05) is 6.61 Å². The van der Waals surface area contributed by atoms with Gasteiger partial charge in [0.15, 0.2) is 0 Å². The summed E-state index contributed by atoms with van der Waals surface area (Å²) in [5, 5.41) is 10.2. The van der Waals surface area contributed by atoms with Crippen molar-refractivity contribution < 1.29 is 9.84 Å². The normalized spacial score (nSPS) is 18.1. The first kappa shape index (κ1) is 12.6. The second kappa shape index (κ2) is 5.65. The highest BCUT2D eigenvalue weighted by atomic mass is 16.5. The molecular formula is C15H22O2. The molecule has 1 aromatic carbocycles. The van der Waals surface area contributed by atoms with Crippen molar-refractivity contribution in [1.29, 1.82) is 0 Å². The Balaban J connectivity index is 2.07. The van der Waals surface area contributed by atoms with Crippen molar-refractivity contribution in [2.24, 2.45) is 0 Å². The van der Waals surface area contributed by atoms with Crippen LogP contribution in [0, 0.1) is 0 Å². The van der Waals surface area contributed by atoms with E-state index in [1.807, 2.05) is 26.0 Å². The van der Waals surface area contributed by atoms with Gasteiger partial charge in [-0.1, -0.05) is 30.7 Å². The van der Waals surface area contributed by atoms with Gasteiger partial charge in [0.1, 0.15) is 6.10 Å². The Kier molecular flexibility index (Phi) is 4.19. The van der Waals surface area contributed by atoms with Crippen LogP contribution in [0.5, 0.6) is 0 Å². The van der Waals surface area contributed by atoms with E-state index in [-0.39, 0.29) is 6.10 Å². The molecule has 1 saturated carbocycles. The number of rotatable bonds is 5. The van der Waals surface area contributed by atoms with E-state index in [0.29, 0.717) is 12.5 Å². The molecule has 0 radical (unpaired) electrons. The van der Waals surface area contributed by atoms with Crippen LogP contribution in [0.4, 0.5) is 0 Å². The molecule has 0 amide bonds. The second-order valence-electron chi connectivity index (χ2n) is 5.15. The number of aliphatic hydroxyl groups is 1. The first-order valence-corrected chi connectivity index (χ1v) is 6.57. The van der Waals surface area contributed by atoms with Gasteiger partial charge in [-0.3, -0.25) is 0 Å². The van der Waals surface area contributed by atoms with Crippen molar-refractivity contribution in [3.63, 3.8) is 0 Å². The van der Waals surface area contributed by atoms with Crippen molar-refractivity contribution in [3.8, 4) is 0 Å². The van der Waals surface area contributed by atoms with Crippen molar-refractivity contribution >= 4 is 0 Å². The van der Waals surface area contributed by atoms with Gasteiger partial charge in [0, 0.05) is 0 Å². The summed E-state index contributed by atoms with van der Waals surface area (Å²) in [6.45, 7) is 4.37. The molecule has 0 bridgehead atoms. The summed E-state index contributed by atoms with van der Waals surface area (Å²) in [5.41, 5.74) is 2.37. The minimum Gasteiger partial charge on any atom is -0.386 e. The van der Waals surface area contributed by atoms with Crippen LogP contribution < -0.4 is 0 Å². The van der Waals surface area contributed by atoms with E-state index in [4.69, 9.17) is 4.74 Å². The molecule has 1 unspecified atom stereocenters. The lowest BCUT2D eigenvalue weighted by atomic mass is 9.77. The van der Waals surface area contributed by atoms with Crippen LogP contribution >= 0.6 is 0 Å². The third-order valence-corrected chi connectivity index (χ3v) is 3.49. The molecule has 0 heterocycles. The molecule has 1 atom stereocenters. The molecule has 2 nitrogen and oxygen atoms in total. The minimum absolute atomic E-state index is 0.167. The molecule has 1 aliphatic rings. The molecule has 0 aliphatic heterocycles. The highest BCUT2D eigenvalue weighted by Gasteiger charge is 2.24. The Bertz CT molecular complexity index is 356. The fourth-order valence-corrected chi connectivity index (χ4v) is 2.28. The predicted molar refractivity (Wildman–Crippen MR) is 69.1 cm³/mol. The third-order valence-electron chi connectivity index (χ3n) is 3.49. The van der Waals surface area contributed by atoms with Gasteiger partial charge in [0.2, 0.25) is 0 Å². The van der Waals surface area contributed by atoms with Crippen molar-refractivity contribution in [1.82, 2.24) is 0 Å². The number of aliphatic hydroxyl groups excluding tert-OH is 1. The lowest BCUT2D eigenvalue weighted by molar-refractivity contribution is 0.00433. The summed E-state index contributed by atoms with van der Waals surface area (Å²) in [6.07, 6.45) is 3.51. The maximum atomic E-state index is 10.2. The first-order chi connectivity index (χ1) is 8.18. The quantitative estimate of drug-likeness (QED) is 0.846. The minimum atomic E-state index is -0.491. The zero-order valence-electron chi connectivity index (χ0n) is 10.7. The number of hydrogen-bond donors (Lipinski definition) is 1. The highest BCUT2D eigenvalue weighted by Crippen LogP contribution is 2.39. The molecule has 1 aliphatic carbocycles. The summed E-state index contributed by atoms with van der Waals surface area (Å²) in [4.78, 5) is 0. The van der Waals surface area contributed by atoms with E-state index in [0.717, 1.165) is 5.56 Å². The Labute approximate surface area is 104 Å². The summed E-state index contributed by atoms with van der Waals surface area (Å²) in [5.74, 6) is 0.653. The van der Waals surface area contributed by atoms with Crippen LogP contribution in [0.2, 0.25) is 0 Å². The summed E-state index contributed by atoms with van der Waals surface area (Å²) in [6, 6.07) is 8.24. The lowest BCUT2D eigenvalue weighted by Gasteiger charge is -2.29. The molecule has 1 fully saturated rings. The van der Waals surface area contributed by atoms with E-state index in [1.54, 1.807) is 0 Å². The molecule has 0 aromatic heterocycles. The smallest absolute Gasteiger partial charge is 0.103 e. The lowest BCUT2D eigenvalue weighted by Crippen LogP contribution is -2.17. The Morgan fingerprint density at radius 2 is 2.00 bits per heavy atom. The van der Waals surface area contributed by atoms with Crippen molar-refractivity contribution in [2.45, 2.75) is 51.2 Å². The van der Waals surface area contributed by atoms with Gasteiger partial charge in [0.05, 0.1) is 12.7 Å². The van der Waals surface area contributed by atoms with E-state index in [1.165, 1.54) is 24.8 Å². The standard InChI is InChI=1S/C15H22O2/c1-11(2)17-10-15(16)14-9-4-3-8-13(14)12-6-5-7-12/h3-4,8-9,11-12,15-16H,5-7,10H2,1-2H3. The third kappa shape index (κ3) is 3.08. The largest absolute Gasteiger partial charge is 0.386 e. The highest BCUT2D eigenvalue weighted by molar-refractivity contribution is 5.33. The zero-order chi connectivity index (χ0) is 12.3. The summed E-state index contributed by atoms with van der Waals surface area (Å²) in [7, 11) is 0. The molecule has 1 N–H and O–H groups in total. The molecule has 0 saturated heterocycles. The monoisotopic (exact) mass is 234 g/mol. The number of ether oxygens (including phenoxy) is 1. The van der Waals surface area contributed by atoms with Gasteiger partial charge in [-0.15, -0.1) is 0 Å². The van der Waals surface area contributed by atoms with Crippen LogP contribution in [0.3, 0.4) is 0 Å². The molecule has 1 aromatic rings. The SMILES string of the molecule is CC(C)OCC(O)c1ccccc1C1CCC1.